The van der Waals surface area contributed by atoms with E-state index in [1.54, 1.807) is 32.4 Å². The third kappa shape index (κ3) is 9.09. The molecular formula is C27H35NO9. The molecule has 0 N–H and O–H groups in total. The van der Waals surface area contributed by atoms with Gasteiger partial charge in [0.15, 0.2) is 19.3 Å². The summed E-state index contributed by atoms with van der Waals surface area (Å²) in [4.78, 5) is 11.2. The highest BCUT2D eigenvalue weighted by molar-refractivity contribution is 5.75. The minimum atomic E-state index is -0.507. The molecule has 0 heterocycles. The summed E-state index contributed by atoms with van der Waals surface area (Å²) in [6.07, 6.45) is 6.21. The summed E-state index contributed by atoms with van der Waals surface area (Å²) in [5.41, 5.74) is 3.10. The first kappa shape index (κ1) is 29.6. The van der Waals surface area contributed by atoms with Gasteiger partial charge in [0.2, 0.25) is 5.75 Å². The summed E-state index contributed by atoms with van der Waals surface area (Å²) in [5, 5.41) is 11.7. The predicted molar refractivity (Wildman–Crippen MR) is 141 cm³/mol. The van der Waals surface area contributed by atoms with Gasteiger partial charge in [-0.05, 0) is 49.6 Å². The van der Waals surface area contributed by atoms with Crippen molar-refractivity contribution >= 4 is 17.8 Å². The Kier molecular flexibility index (Phi) is 12.4. The summed E-state index contributed by atoms with van der Waals surface area (Å²) >= 11 is 0. The number of nitrogens with zero attached hydrogens (tertiary/aromatic N) is 1. The number of allylic oxidation sites excluding steroid dienone is 2. The molecule has 0 aliphatic heterocycles. The normalized spacial score (nSPS) is 10.9. The highest BCUT2D eigenvalue weighted by Crippen LogP contribution is 2.39. The molecule has 37 heavy (non-hydrogen) atoms. The van der Waals surface area contributed by atoms with Crippen LogP contribution < -0.4 is 18.9 Å². The van der Waals surface area contributed by atoms with Gasteiger partial charge in [-0.1, -0.05) is 23.8 Å². The van der Waals surface area contributed by atoms with Gasteiger partial charge in [-0.3, -0.25) is 10.1 Å². The van der Waals surface area contributed by atoms with E-state index >= 15 is 0 Å². The van der Waals surface area contributed by atoms with Crippen molar-refractivity contribution in [1.29, 1.82) is 0 Å². The van der Waals surface area contributed by atoms with E-state index in [0.29, 0.717) is 23.5 Å². The third-order valence-corrected chi connectivity index (χ3v) is 5.05. The maximum Gasteiger partial charge on any atom is 0.315 e. The molecule has 0 amide bonds. The Bertz CT molecular complexity index is 1060. The molecule has 0 saturated carbocycles. The van der Waals surface area contributed by atoms with E-state index in [1.165, 1.54) is 20.3 Å². The lowest BCUT2D eigenvalue weighted by Gasteiger charge is -2.16. The zero-order valence-electron chi connectivity index (χ0n) is 22.2. The van der Waals surface area contributed by atoms with E-state index in [1.807, 2.05) is 26.0 Å². The van der Waals surface area contributed by atoms with Crippen LogP contribution in [0.25, 0.3) is 12.2 Å². The Morgan fingerprint density at radius 2 is 1.38 bits per heavy atom. The van der Waals surface area contributed by atoms with E-state index in [0.717, 1.165) is 16.7 Å². The van der Waals surface area contributed by atoms with Crippen molar-refractivity contribution in [2.75, 3.05) is 55.2 Å². The standard InChI is InChI=1S/C27H35NO9/c1-19(2)7-10-22-24(36-17-32-4)14-21(15-25(22)37-18-33-5)9-8-20-13-23(28(29)30)27(26(16-20)34-6)35-12-11-31-3/h7-9,13-16H,10-12,17-18H2,1-6H3. The molecule has 0 fully saturated rings. The number of benzene rings is 2. The van der Waals surface area contributed by atoms with Crippen molar-refractivity contribution in [2.45, 2.75) is 20.3 Å². The largest absolute Gasteiger partial charge is 0.493 e. The second-order valence-electron chi connectivity index (χ2n) is 8.09. The van der Waals surface area contributed by atoms with Crippen molar-refractivity contribution in [1.82, 2.24) is 0 Å². The van der Waals surface area contributed by atoms with Crippen LogP contribution in [0.2, 0.25) is 0 Å². The Balaban J connectivity index is 2.51. The molecule has 10 nitrogen and oxygen atoms in total. The molecule has 0 saturated heterocycles. The lowest BCUT2D eigenvalue weighted by Crippen LogP contribution is -2.07. The van der Waals surface area contributed by atoms with Crippen LogP contribution in [0.1, 0.15) is 30.5 Å². The van der Waals surface area contributed by atoms with Crippen LogP contribution in [0.15, 0.2) is 35.9 Å². The van der Waals surface area contributed by atoms with E-state index < -0.39 is 4.92 Å². The summed E-state index contributed by atoms with van der Waals surface area (Å²) in [6, 6.07) is 6.81. The first-order valence-corrected chi connectivity index (χ1v) is 11.5. The lowest BCUT2D eigenvalue weighted by molar-refractivity contribution is -0.386. The highest BCUT2D eigenvalue weighted by Gasteiger charge is 2.22. The van der Waals surface area contributed by atoms with E-state index in [2.05, 4.69) is 6.08 Å². The van der Waals surface area contributed by atoms with Gasteiger partial charge in [0.1, 0.15) is 18.1 Å². The number of hydrogen-bond donors (Lipinski definition) is 0. The summed E-state index contributed by atoms with van der Waals surface area (Å²) < 4.78 is 37.8. The average Bonchev–Trinajstić information content (AvgIpc) is 2.88. The molecule has 0 unspecified atom stereocenters. The topological polar surface area (TPSA) is 108 Å². The molecule has 2 aromatic rings. The Hall–Kier alpha value is -3.60. The maximum atomic E-state index is 11.7. The third-order valence-electron chi connectivity index (χ3n) is 5.05. The van der Waals surface area contributed by atoms with Crippen LogP contribution in [-0.4, -0.2) is 60.2 Å². The van der Waals surface area contributed by atoms with Gasteiger partial charge in [0.25, 0.3) is 0 Å². The summed E-state index contributed by atoms with van der Waals surface area (Å²) in [7, 11) is 6.05. The van der Waals surface area contributed by atoms with Crippen molar-refractivity contribution in [3.05, 3.63) is 62.7 Å². The van der Waals surface area contributed by atoms with Crippen molar-refractivity contribution in [3.63, 3.8) is 0 Å². The average molecular weight is 518 g/mol. The maximum absolute atomic E-state index is 11.7. The molecule has 2 rings (SSSR count). The van der Waals surface area contributed by atoms with Gasteiger partial charge >= 0.3 is 5.69 Å². The molecule has 0 spiro atoms. The minimum Gasteiger partial charge on any atom is -0.493 e. The zero-order valence-corrected chi connectivity index (χ0v) is 22.2. The van der Waals surface area contributed by atoms with E-state index in [4.69, 9.17) is 33.2 Å². The fraction of sp³-hybridized carbons (Fsp3) is 0.407. The predicted octanol–water partition coefficient (Wildman–Crippen LogP) is 5.27. The van der Waals surface area contributed by atoms with Gasteiger partial charge in [-0.2, -0.15) is 0 Å². The van der Waals surface area contributed by atoms with Crippen molar-refractivity contribution < 1.29 is 38.1 Å². The van der Waals surface area contributed by atoms with E-state index in [-0.39, 0.29) is 44.0 Å². The van der Waals surface area contributed by atoms with Gasteiger partial charge < -0.3 is 33.2 Å². The molecule has 0 aliphatic carbocycles. The lowest BCUT2D eigenvalue weighted by atomic mass is 10.0. The quantitative estimate of drug-likeness (QED) is 0.0734. The smallest absolute Gasteiger partial charge is 0.315 e. The number of nitro groups is 1. The summed E-state index contributed by atoms with van der Waals surface area (Å²) in [6.45, 7) is 4.59. The van der Waals surface area contributed by atoms with Crippen molar-refractivity contribution in [3.8, 4) is 23.0 Å². The number of nitro benzene ring substituents is 1. The molecule has 0 aromatic heterocycles. The van der Waals surface area contributed by atoms with Crippen LogP contribution in [0.5, 0.6) is 23.0 Å². The Morgan fingerprint density at radius 1 is 0.811 bits per heavy atom. The molecular weight excluding hydrogens is 482 g/mol. The fourth-order valence-corrected chi connectivity index (χ4v) is 3.30. The first-order chi connectivity index (χ1) is 17.8. The molecule has 0 aliphatic rings. The zero-order chi connectivity index (χ0) is 27.2. The number of ether oxygens (including phenoxy) is 7. The molecule has 2 aromatic carbocycles. The van der Waals surface area contributed by atoms with Crippen LogP contribution in [0.3, 0.4) is 0 Å². The van der Waals surface area contributed by atoms with Gasteiger partial charge in [-0.25, -0.2) is 0 Å². The van der Waals surface area contributed by atoms with Gasteiger partial charge in [-0.15, -0.1) is 0 Å². The molecule has 0 radical (unpaired) electrons. The molecule has 202 valence electrons. The Morgan fingerprint density at radius 3 is 1.86 bits per heavy atom. The number of methoxy groups -OCH3 is 4. The minimum absolute atomic E-state index is 0.0517. The molecule has 10 heteroatoms. The van der Waals surface area contributed by atoms with Gasteiger partial charge in [0.05, 0.1) is 18.6 Å². The first-order valence-electron chi connectivity index (χ1n) is 11.5. The Labute approximate surface area is 217 Å². The van der Waals surface area contributed by atoms with E-state index in [9.17, 15) is 10.1 Å². The second-order valence-corrected chi connectivity index (χ2v) is 8.09. The van der Waals surface area contributed by atoms with Crippen LogP contribution in [-0.2, 0) is 20.6 Å². The molecule has 0 atom stereocenters. The summed E-state index contributed by atoms with van der Waals surface area (Å²) in [5.74, 6) is 1.49. The monoisotopic (exact) mass is 517 g/mol. The van der Waals surface area contributed by atoms with Gasteiger partial charge in [0, 0.05) is 33.0 Å². The SMILES string of the molecule is COCCOc1c(OC)cc(C=Cc2cc(OCOC)c(CC=C(C)C)c(OCOC)c2)cc1[N+](=O)[O-]. The van der Waals surface area contributed by atoms with Crippen LogP contribution in [0.4, 0.5) is 5.69 Å². The number of rotatable bonds is 16. The van der Waals surface area contributed by atoms with Crippen LogP contribution >= 0.6 is 0 Å². The number of hydrogen-bond acceptors (Lipinski definition) is 9. The second kappa shape index (κ2) is 15.5. The molecule has 0 bridgehead atoms. The highest BCUT2D eigenvalue weighted by atomic mass is 16.7. The van der Waals surface area contributed by atoms with Crippen molar-refractivity contribution in [2.24, 2.45) is 0 Å². The van der Waals surface area contributed by atoms with Crippen LogP contribution in [0, 0.1) is 10.1 Å². The fourth-order valence-electron chi connectivity index (χ4n) is 3.30.